The van der Waals surface area contributed by atoms with Crippen molar-refractivity contribution < 1.29 is 12.9 Å². The lowest BCUT2D eigenvalue weighted by Gasteiger charge is -2.22. The molecule has 7 heteroatoms. The fourth-order valence-corrected chi connectivity index (χ4v) is 3.47. The van der Waals surface area contributed by atoms with Crippen LogP contribution in [-0.2, 0) is 22.0 Å². The molecule has 0 amide bonds. The summed E-state index contributed by atoms with van der Waals surface area (Å²) in [4.78, 5) is 4.19. The van der Waals surface area contributed by atoms with Crippen molar-refractivity contribution >= 4 is 9.84 Å². The standard InChI is InChI=1S/C13H23N3O3S/c1-3-14-11(10-6-4-5-7-10)8-13-15-12(16-19-13)9-20(2,17)18/h10-11,14H,3-9H2,1-2H3. The molecule has 0 saturated heterocycles. The molecule has 1 fully saturated rings. The molecular weight excluding hydrogens is 278 g/mol. The van der Waals surface area contributed by atoms with E-state index in [1.54, 1.807) is 0 Å². The van der Waals surface area contributed by atoms with Crippen molar-refractivity contribution in [3.63, 3.8) is 0 Å². The van der Waals surface area contributed by atoms with Crippen LogP contribution in [0, 0.1) is 5.92 Å². The van der Waals surface area contributed by atoms with Crippen molar-refractivity contribution in [3.05, 3.63) is 11.7 Å². The van der Waals surface area contributed by atoms with Crippen molar-refractivity contribution in [1.29, 1.82) is 0 Å². The van der Waals surface area contributed by atoms with Crippen LogP contribution in [0.1, 0.15) is 44.3 Å². The van der Waals surface area contributed by atoms with Crippen molar-refractivity contribution in [3.8, 4) is 0 Å². The molecule has 0 aromatic carbocycles. The van der Waals surface area contributed by atoms with E-state index < -0.39 is 9.84 Å². The number of hydrogen-bond acceptors (Lipinski definition) is 6. The van der Waals surface area contributed by atoms with Crippen LogP contribution in [0.15, 0.2) is 4.52 Å². The van der Waals surface area contributed by atoms with E-state index in [0.29, 0.717) is 24.3 Å². The lowest BCUT2D eigenvalue weighted by Crippen LogP contribution is -2.37. The molecule has 1 aromatic heterocycles. The predicted molar refractivity (Wildman–Crippen MR) is 76.0 cm³/mol. The van der Waals surface area contributed by atoms with Gasteiger partial charge < -0.3 is 9.84 Å². The summed E-state index contributed by atoms with van der Waals surface area (Å²) in [5.41, 5.74) is 0. The summed E-state index contributed by atoms with van der Waals surface area (Å²) in [7, 11) is -3.12. The summed E-state index contributed by atoms with van der Waals surface area (Å²) in [6.07, 6.45) is 6.90. The van der Waals surface area contributed by atoms with Crippen LogP contribution in [0.4, 0.5) is 0 Å². The molecule has 1 saturated carbocycles. The Bertz CT molecular complexity index is 521. The second kappa shape index (κ2) is 6.67. The predicted octanol–water partition coefficient (Wildman–Crippen LogP) is 1.32. The van der Waals surface area contributed by atoms with Crippen LogP contribution in [-0.4, -0.2) is 37.4 Å². The highest BCUT2D eigenvalue weighted by atomic mass is 32.2. The molecule has 1 N–H and O–H groups in total. The van der Waals surface area contributed by atoms with Crippen molar-refractivity contribution in [1.82, 2.24) is 15.5 Å². The number of sulfone groups is 1. The minimum absolute atomic E-state index is 0.161. The van der Waals surface area contributed by atoms with E-state index in [2.05, 4.69) is 22.4 Å². The molecule has 1 aliphatic rings. The van der Waals surface area contributed by atoms with E-state index >= 15 is 0 Å². The van der Waals surface area contributed by atoms with Gasteiger partial charge in [-0.25, -0.2) is 8.42 Å². The van der Waals surface area contributed by atoms with Gasteiger partial charge in [0.05, 0.1) is 0 Å². The third kappa shape index (κ3) is 4.56. The van der Waals surface area contributed by atoms with Crippen LogP contribution in [0.2, 0.25) is 0 Å². The van der Waals surface area contributed by atoms with Gasteiger partial charge >= 0.3 is 0 Å². The third-order valence-electron chi connectivity index (χ3n) is 3.73. The summed E-state index contributed by atoms with van der Waals surface area (Å²) in [5, 5.41) is 7.23. The molecule has 1 atom stereocenters. The Morgan fingerprint density at radius 3 is 2.70 bits per heavy atom. The average Bonchev–Trinajstić information content (AvgIpc) is 2.97. The number of hydrogen-bond donors (Lipinski definition) is 1. The average molecular weight is 301 g/mol. The van der Waals surface area contributed by atoms with Gasteiger partial charge in [0.1, 0.15) is 5.75 Å². The van der Waals surface area contributed by atoms with Gasteiger partial charge in [-0.1, -0.05) is 24.9 Å². The zero-order chi connectivity index (χ0) is 14.6. The number of aromatic nitrogens is 2. The first kappa shape index (κ1) is 15.4. The first-order chi connectivity index (χ1) is 9.48. The van der Waals surface area contributed by atoms with Crippen molar-refractivity contribution in [2.24, 2.45) is 5.92 Å². The number of nitrogens with one attached hydrogen (secondary N) is 1. The number of rotatable bonds is 7. The molecule has 1 aromatic rings. The van der Waals surface area contributed by atoms with Crippen LogP contribution in [0.5, 0.6) is 0 Å². The Kier molecular flexibility index (Phi) is 5.15. The van der Waals surface area contributed by atoms with E-state index in [4.69, 9.17) is 4.52 Å². The van der Waals surface area contributed by atoms with Crippen LogP contribution >= 0.6 is 0 Å². The van der Waals surface area contributed by atoms with Crippen molar-refractivity contribution in [2.45, 2.75) is 50.8 Å². The smallest absolute Gasteiger partial charge is 0.228 e. The number of likely N-dealkylation sites (N-methyl/N-ethyl adjacent to an activating group) is 1. The molecule has 0 bridgehead atoms. The normalized spacial score (nSPS) is 18.5. The maximum atomic E-state index is 11.2. The summed E-state index contributed by atoms with van der Waals surface area (Å²) in [6.45, 7) is 3.00. The highest BCUT2D eigenvalue weighted by Crippen LogP contribution is 2.29. The molecule has 20 heavy (non-hydrogen) atoms. The van der Waals surface area contributed by atoms with E-state index in [1.807, 2.05) is 0 Å². The monoisotopic (exact) mass is 301 g/mol. The highest BCUT2D eigenvalue weighted by molar-refractivity contribution is 7.89. The quantitative estimate of drug-likeness (QED) is 0.817. The Balaban J connectivity index is 1.99. The number of nitrogens with zero attached hydrogens (tertiary/aromatic N) is 2. The molecule has 0 spiro atoms. The maximum absolute atomic E-state index is 11.2. The fourth-order valence-electron chi connectivity index (χ4n) is 2.88. The Labute approximate surface area is 120 Å². The van der Waals surface area contributed by atoms with E-state index in [-0.39, 0.29) is 11.6 Å². The van der Waals surface area contributed by atoms with E-state index in [1.165, 1.54) is 31.9 Å². The van der Waals surface area contributed by atoms with Gasteiger partial charge in [-0.05, 0) is 25.3 Å². The van der Waals surface area contributed by atoms with Gasteiger partial charge in [-0.2, -0.15) is 4.98 Å². The molecule has 114 valence electrons. The lowest BCUT2D eigenvalue weighted by molar-refractivity contribution is 0.310. The molecule has 1 unspecified atom stereocenters. The molecular formula is C13H23N3O3S. The lowest BCUT2D eigenvalue weighted by atomic mass is 9.95. The molecule has 1 aliphatic carbocycles. The second-order valence-corrected chi connectivity index (χ2v) is 7.73. The Morgan fingerprint density at radius 2 is 2.10 bits per heavy atom. The molecule has 2 rings (SSSR count). The molecule has 0 aliphatic heterocycles. The van der Waals surface area contributed by atoms with Gasteiger partial charge in [-0.3, -0.25) is 0 Å². The highest BCUT2D eigenvalue weighted by Gasteiger charge is 2.26. The first-order valence-corrected chi connectivity index (χ1v) is 9.26. The van der Waals surface area contributed by atoms with E-state index in [9.17, 15) is 8.42 Å². The third-order valence-corrected chi connectivity index (χ3v) is 4.51. The van der Waals surface area contributed by atoms with E-state index in [0.717, 1.165) is 6.54 Å². The summed E-state index contributed by atoms with van der Waals surface area (Å²) in [5.74, 6) is 1.28. The summed E-state index contributed by atoms with van der Waals surface area (Å²) >= 11 is 0. The minimum Gasteiger partial charge on any atom is -0.339 e. The SMILES string of the molecule is CCNC(Cc1nc(CS(C)(=O)=O)no1)C1CCCC1. The first-order valence-electron chi connectivity index (χ1n) is 7.20. The second-order valence-electron chi connectivity index (χ2n) is 5.59. The minimum atomic E-state index is -3.12. The van der Waals surface area contributed by atoms with Crippen LogP contribution in [0.3, 0.4) is 0 Å². The van der Waals surface area contributed by atoms with Crippen LogP contribution < -0.4 is 5.32 Å². The van der Waals surface area contributed by atoms with Crippen LogP contribution in [0.25, 0.3) is 0 Å². The van der Waals surface area contributed by atoms with Gasteiger partial charge in [0, 0.05) is 18.7 Å². The zero-order valence-corrected chi connectivity index (χ0v) is 12.9. The van der Waals surface area contributed by atoms with Crippen molar-refractivity contribution in [2.75, 3.05) is 12.8 Å². The van der Waals surface area contributed by atoms with Gasteiger partial charge in [0.25, 0.3) is 0 Å². The van der Waals surface area contributed by atoms with Gasteiger partial charge in [0.2, 0.25) is 5.89 Å². The van der Waals surface area contributed by atoms with Gasteiger partial charge in [-0.15, -0.1) is 0 Å². The van der Waals surface area contributed by atoms with Gasteiger partial charge in [0.15, 0.2) is 15.7 Å². The molecule has 0 radical (unpaired) electrons. The molecule has 1 heterocycles. The zero-order valence-electron chi connectivity index (χ0n) is 12.1. The fraction of sp³-hybridized carbons (Fsp3) is 0.846. The summed E-state index contributed by atoms with van der Waals surface area (Å²) in [6, 6.07) is 0.342. The Morgan fingerprint density at radius 1 is 1.40 bits per heavy atom. The molecule has 6 nitrogen and oxygen atoms in total. The topological polar surface area (TPSA) is 85.1 Å². The summed E-state index contributed by atoms with van der Waals surface area (Å²) < 4.78 is 27.6. The maximum Gasteiger partial charge on any atom is 0.228 e. The largest absolute Gasteiger partial charge is 0.339 e. The Hall–Kier alpha value is -0.950.